The highest BCUT2D eigenvalue weighted by Gasteiger charge is 2.14. The zero-order valence-corrected chi connectivity index (χ0v) is 12.5. The molecule has 21 heavy (non-hydrogen) atoms. The van der Waals surface area contributed by atoms with Crippen LogP contribution >= 0.6 is 11.8 Å². The third-order valence-corrected chi connectivity index (χ3v) is 3.84. The minimum absolute atomic E-state index is 0.0352. The molecular formula is C15H16N4OS. The van der Waals surface area contributed by atoms with Crippen molar-refractivity contribution in [2.45, 2.75) is 13.0 Å². The molecule has 1 heterocycles. The van der Waals surface area contributed by atoms with Gasteiger partial charge in [-0.05, 0) is 12.5 Å². The van der Waals surface area contributed by atoms with Crippen molar-refractivity contribution in [3.8, 4) is 6.07 Å². The molecule has 2 N–H and O–H groups in total. The molecule has 0 radical (unpaired) electrons. The van der Waals surface area contributed by atoms with E-state index < -0.39 is 5.91 Å². The Bertz CT molecular complexity index is 604. The summed E-state index contributed by atoms with van der Waals surface area (Å²) in [4.78, 5) is 16.3. The molecule has 0 saturated heterocycles. The van der Waals surface area contributed by atoms with Crippen LogP contribution in [0, 0.1) is 11.3 Å². The molecule has 1 unspecified atom stereocenters. The van der Waals surface area contributed by atoms with Gasteiger partial charge in [0.2, 0.25) is 0 Å². The first-order chi connectivity index (χ1) is 10.2. The topological polar surface area (TPSA) is 77.3 Å². The molecule has 108 valence electrons. The Hall–Kier alpha value is -2.26. The number of rotatable bonds is 4. The van der Waals surface area contributed by atoms with Crippen LogP contribution in [0.1, 0.15) is 18.5 Å². The summed E-state index contributed by atoms with van der Waals surface area (Å²) >= 11 is 1.57. The first-order valence-electron chi connectivity index (χ1n) is 6.60. The lowest BCUT2D eigenvalue weighted by atomic mass is 10.1. The normalized spacial score (nSPS) is 15.8. The van der Waals surface area contributed by atoms with Crippen LogP contribution in [0.5, 0.6) is 0 Å². The number of amides is 1. The summed E-state index contributed by atoms with van der Waals surface area (Å²) in [6, 6.07) is 11.4. The van der Waals surface area contributed by atoms with Crippen molar-refractivity contribution in [2.75, 3.05) is 12.3 Å². The Morgan fingerprint density at radius 1 is 1.48 bits per heavy atom. The van der Waals surface area contributed by atoms with Crippen LogP contribution < -0.4 is 10.6 Å². The molecule has 0 aromatic heterocycles. The van der Waals surface area contributed by atoms with E-state index in [0.29, 0.717) is 0 Å². The fourth-order valence-electron chi connectivity index (χ4n) is 1.80. The molecule has 2 rings (SSSR count). The minimum Gasteiger partial charge on any atom is -0.345 e. The molecule has 1 atom stereocenters. The van der Waals surface area contributed by atoms with Gasteiger partial charge in [0, 0.05) is 12.0 Å². The number of nitrogens with one attached hydrogen (secondary N) is 2. The third-order valence-electron chi connectivity index (χ3n) is 2.94. The lowest BCUT2D eigenvalue weighted by Crippen LogP contribution is -2.28. The van der Waals surface area contributed by atoms with Gasteiger partial charge >= 0.3 is 0 Å². The van der Waals surface area contributed by atoms with Gasteiger partial charge in [-0.15, -0.1) is 0 Å². The van der Waals surface area contributed by atoms with E-state index in [4.69, 9.17) is 5.26 Å². The summed E-state index contributed by atoms with van der Waals surface area (Å²) in [7, 11) is 0. The average molecular weight is 300 g/mol. The molecule has 6 heteroatoms. The van der Waals surface area contributed by atoms with Crippen LogP contribution in [-0.2, 0) is 4.79 Å². The largest absolute Gasteiger partial charge is 0.345 e. The quantitative estimate of drug-likeness (QED) is 0.658. The SMILES string of the molecule is CC(NC(=O)/C(C#N)=C\NC1=NCCS1)c1ccccc1. The van der Waals surface area contributed by atoms with Gasteiger partial charge in [0.1, 0.15) is 11.6 Å². The highest BCUT2D eigenvalue weighted by atomic mass is 32.2. The van der Waals surface area contributed by atoms with Gasteiger partial charge < -0.3 is 10.6 Å². The Labute approximate surface area is 128 Å². The van der Waals surface area contributed by atoms with Crippen LogP contribution in [0.3, 0.4) is 0 Å². The number of aliphatic imine (C=N–C) groups is 1. The van der Waals surface area contributed by atoms with Gasteiger partial charge in [0.05, 0.1) is 12.6 Å². The molecule has 0 spiro atoms. The molecule has 1 aromatic rings. The smallest absolute Gasteiger partial charge is 0.263 e. The molecular weight excluding hydrogens is 284 g/mol. The maximum Gasteiger partial charge on any atom is 0.263 e. The van der Waals surface area contributed by atoms with E-state index in [1.54, 1.807) is 11.8 Å². The van der Waals surface area contributed by atoms with Gasteiger partial charge in [-0.3, -0.25) is 9.79 Å². The van der Waals surface area contributed by atoms with Crippen molar-refractivity contribution < 1.29 is 4.79 Å². The van der Waals surface area contributed by atoms with Gasteiger partial charge in [-0.2, -0.15) is 5.26 Å². The number of carbonyl (C=O) groups is 1. The van der Waals surface area contributed by atoms with Gasteiger partial charge in [-0.1, -0.05) is 42.1 Å². The van der Waals surface area contributed by atoms with Crippen LogP contribution in [0.2, 0.25) is 0 Å². The van der Waals surface area contributed by atoms with Crippen molar-refractivity contribution in [1.29, 1.82) is 5.26 Å². The minimum atomic E-state index is -0.398. The van der Waals surface area contributed by atoms with Crippen molar-refractivity contribution in [3.05, 3.63) is 47.7 Å². The maximum absolute atomic E-state index is 12.1. The summed E-state index contributed by atoms with van der Waals surface area (Å²) in [5, 5.41) is 15.5. The Morgan fingerprint density at radius 2 is 2.24 bits per heavy atom. The van der Waals surface area contributed by atoms with Crippen LogP contribution in [-0.4, -0.2) is 23.4 Å². The van der Waals surface area contributed by atoms with Crippen LogP contribution in [0.4, 0.5) is 0 Å². The predicted octanol–water partition coefficient (Wildman–Crippen LogP) is 1.96. The number of nitriles is 1. The Kier molecular flexibility index (Phi) is 5.41. The maximum atomic E-state index is 12.1. The third kappa shape index (κ3) is 4.36. The molecule has 1 aliphatic rings. The number of nitrogens with zero attached hydrogens (tertiary/aromatic N) is 2. The zero-order valence-electron chi connectivity index (χ0n) is 11.7. The lowest BCUT2D eigenvalue weighted by molar-refractivity contribution is -0.117. The van der Waals surface area contributed by atoms with E-state index in [1.165, 1.54) is 6.20 Å². The number of hydrogen-bond acceptors (Lipinski definition) is 5. The molecule has 5 nitrogen and oxygen atoms in total. The Balaban J connectivity index is 1.97. The molecule has 1 aromatic carbocycles. The predicted molar refractivity (Wildman–Crippen MR) is 84.6 cm³/mol. The second-order valence-electron chi connectivity index (χ2n) is 4.46. The second kappa shape index (κ2) is 7.50. The number of carbonyl (C=O) groups excluding carboxylic acids is 1. The molecule has 1 amide bonds. The molecule has 1 aliphatic heterocycles. The number of thioether (sulfide) groups is 1. The number of amidine groups is 1. The summed E-state index contributed by atoms with van der Waals surface area (Å²) < 4.78 is 0. The highest BCUT2D eigenvalue weighted by molar-refractivity contribution is 8.14. The van der Waals surface area contributed by atoms with Crippen molar-refractivity contribution in [2.24, 2.45) is 4.99 Å². The molecule has 0 fully saturated rings. The van der Waals surface area contributed by atoms with E-state index >= 15 is 0 Å². The summed E-state index contributed by atoms with van der Waals surface area (Å²) in [5.41, 5.74) is 1.03. The van der Waals surface area contributed by atoms with E-state index in [1.807, 2.05) is 43.3 Å². The van der Waals surface area contributed by atoms with E-state index in [-0.39, 0.29) is 11.6 Å². The van der Waals surface area contributed by atoms with Crippen molar-refractivity contribution in [1.82, 2.24) is 10.6 Å². The van der Waals surface area contributed by atoms with Crippen LogP contribution in [0.25, 0.3) is 0 Å². The van der Waals surface area contributed by atoms with E-state index in [2.05, 4.69) is 15.6 Å². The van der Waals surface area contributed by atoms with Crippen molar-refractivity contribution in [3.63, 3.8) is 0 Å². The average Bonchev–Trinajstić information content (AvgIpc) is 3.02. The fraction of sp³-hybridized carbons (Fsp3) is 0.267. The highest BCUT2D eigenvalue weighted by Crippen LogP contribution is 2.12. The standard InChI is InChI=1S/C15H16N4OS/c1-11(12-5-3-2-4-6-12)19-14(20)13(9-16)10-18-15-17-7-8-21-15/h2-6,10-11H,7-8H2,1H3,(H,17,18)(H,19,20)/b13-10-. The number of benzene rings is 1. The molecule has 0 aliphatic carbocycles. The first kappa shape index (κ1) is 15.1. The van der Waals surface area contributed by atoms with Crippen LogP contribution in [0.15, 0.2) is 47.1 Å². The number of hydrogen-bond donors (Lipinski definition) is 2. The molecule has 0 bridgehead atoms. The zero-order chi connectivity index (χ0) is 15.1. The Morgan fingerprint density at radius 3 is 2.86 bits per heavy atom. The summed E-state index contributed by atoms with van der Waals surface area (Å²) in [6.45, 7) is 2.65. The summed E-state index contributed by atoms with van der Waals surface area (Å²) in [6.07, 6.45) is 1.41. The molecule has 0 saturated carbocycles. The summed E-state index contributed by atoms with van der Waals surface area (Å²) in [5.74, 6) is 0.528. The second-order valence-corrected chi connectivity index (χ2v) is 5.54. The van der Waals surface area contributed by atoms with Crippen molar-refractivity contribution >= 4 is 22.8 Å². The first-order valence-corrected chi connectivity index (χ1v) is 7.59. The van der Waals surface area contributed by atoms with Gasteiger partial charge in [0.15, 0.2) is 5.17 Å². The van der Waals surface area contributed by atoms with E-state index in [9.17, 15) is 4.79 Å². The van der Waals surface area contributed by atoms with E-state index in [0.717, 1.165) is 23.0 Å². The van der Waals surface area contributed by atoms with Gasteiger partial charge in [0.25, 0.3) is 5.91 Å². The fourth-order valence-corrected chi connectivity index (χ4v) is 2.51. The van der Waals surface area contributed by atoms with Gasteiger partial charge in [-0.25, -0.2) is 0 Å². The lowest BCUT2D eigenvalue weighted by Gasteiger charge is -2.13. The monoisotopic (exact) mass is 300 g/mol.